The minimum Gasteiger partial charge on any atom is -0.323 e. The summed E-state index contributed by atoms with van der Waals surface area (Å²) in [5, 5.41) is 12.6. The topological polar surface area (TPSA) is 75.6 Å². The Hall–Kier alpha value is -1.70. The maximum absolute atomic E-state index is 11.2. The number of nitro benzene ring substituents is 1. The van der Waals surface area contributed by atoms with Crippen LogP contribution in [0.2, 0.25) is 10.0 Å². The van der Waals surface area contributed by atoms with Gasteiger partial charge in [0.25, 0.3) is 5.69 Å². The smallest absolute Gasteiger partial charge is 0.274 e. The fraction of sp³-hybridized carbons (Fsp3) is 0.368. The summed E-state index contributed by atoms with van der Waals surface area (Å²) in [5.74, 6) is 0. The molecule has 3 rings (SSSR count). The second-order valence-electron chi connectivity index (χ2n) is 6.73. The number of hydrogen-bond donors (Lipinski definition) is 1. The van der Waals surface area contributed by atoms with Crippen LogP contribution < -0.4 is 5.73 Å². The van der Waals surface area contributed by atoms with Gasteiger partial charge in [-0.2, -0.15) is 0 Å². The van der Waals surface area contributed by atoms with E-state index in [4.69, 9.17) is 28.9 Å². The van der Waals surface area contributed by atoms with E-state index in [1.807, 2.05) is 12.1 Å². The molecule has 1 saturated heterocycles. The van der Waals surface area contributed by atoms with Gasteiger partial charge in [-0.1, -0.05) is 41.4 Å². The Morgan fingerprint density at radius 2 is 1.74 bits per heavy atom. The lowest BCUT2D eigenvalue weighted by Crippen LogP contribution is -2.47. The van der Waals surface area contributed by atoms with Gasteiger partial charge in [-0.25, -0.2) is 0 Å². The summed E-state index contributed by atoms with van der Waals surface area (Å²) in [5.41, 5.74) is 7.95. The van der Waals surface area contributed by atoms with E-state index in [0.717, 1.165) is 43.3 Å². The summed E-state index contributed by atoms with van der Waals surface area (Å²) in [7, 11) is 0. The molecule has 27 heavy (non-hydrogen) atoms. The van der Waals surface area contributed by atoms with E-state index in [-0.39, 0.29) is 16.7 Å². The number of nitrogens with two attached hydrogens (primary N) is 1. The van der Waals surface area contributed by atoms with Gasteiger partial charge >= 0.3 is 0 Å². The van der Waals surface area contributed by atoms with Crippen molar-refractivity contribution in [3.8, 4) is 0 Å². The number of benzene rings is 2. The van der Waals surface area contributed by atoms with Crippen molar-refractivity contribution in [3.05, 3.63) is 73.8 Å². The van der Waals surface area contributed by atoms with Crippen molar-refractivity contribution in [1.82, 2.24) is 9.80 Å². The molecule has 8 heteroatoms. The van der Waals surface area contributed by atoms with Crippen molar-refractivity contribution in [2.75, 3.05) is 32.7 Å². The number of rotatable bonds is 6. The molecule has 2 aromatic rings. The molecule has 0 saturated carbocycles. The van der Waals surface area contributed by atoms with E-state index in [1.165, 1.54) is 6.07 Å². The van der Waals surface area contributed by atoms with Gasteiger partial charge < -0.3 is 5.73 Å². The van der Waals surface area contributed by atoms with Crippen LogP contribution in [0.1, 0.15) is 17.2 Å². The molecule has 6 nitrogen and oxygen atoms in total. The molecule has 2 aromatic carbocycles. The molecular weight excluding hydrogens is 387 g/mol. The van der Waals surface area contributed by atoms with E-state index >= 15 is 0 Å². The normalized spacial score (nSPS) is 17.0. The van der Waals surface area contributed by atoms with Crippen LogP contribution in [0.3, 0.4) is 0 Å². The van der Waals surface area contributed by atoms with E-state index in [0.29, 0.717) is 17.1 Å². The van der Waals surface area contributed by atoms with E-state index in [2.05, 4.69) is 9.80 Å². The quantitative estimate of drug-likeness (QED) is 0.582. The number of nitrogens with zero attached hydrogens (tertiary/aromatic N) is 3. The lowest BCUT2D eigenvalue weighted by Gasteiger charge is -2.36. The molecule has 2 N–H and O–H groups in total. The molecule has 1 aliphatic rings. The molecule has 1 aliphatic heterocycles. The molecule has 144 valence electrons. The van der Waals surface area contributed by atoms with Gasteiger partial charge in [0.1, 0.15) is 0 Å². The van der Waals surface area contributed by atoms with Crippen molar-refractivity contribution in [2.24, 2.45) is 5.73 Å². The number of halogens is 2. The minimum atomic E-state index is -0.388. The lowest BCUT2D eigenvalue weighted by atomic mass is 10.0. The monoisotopic (exact) mass is 408 g/mol. The standard InChI is InChI=1S/C19H22Cl2N4O2/c20-15-5-6-17(21)14(11-15)12-23-7-9-24(10-8-23)13-18(22)16-3-1-2-4-19(16)25(26)27/h1-6,11,18H,7-10,12-13,22H2. The van der Waals surface area contributed by atoms with Crippen LogP contribution in [-0.4, -0.2) is 47.4 Å². The van der Waals surface area contributed by atoms with Crippen LogP contribution in [0.25, 0.3) is 0 Å². The summed E-state index contributed by atoms with van der Waals surface area (Å²) >= 11 is 12.3. The van der Waals surface area contributed by atoms with Gasteiger partial charge in [0.15, 0.2) is 0 Å². The van der Waals surface area contributed by atoms with Crippen molar-refractivity contribution >= 4 is 28.9 Å². The predicted molar refractivity (Wildman–Crippen MR) is 108 cm³/mol. The largest absolute Gasteiger partial charge is 0.323 e. The highest BCUT2D eigenvalue weighted by Gasteiger charge is 2.23. The van der Waals surface area contributed by atoms with E-state index in [9.17, 15) is 10.1 Å². The van der Waals surface area contributed by atoms with Crippen LogP contribution in [0.4, 0.5) is 5.69 Å². The summed E-state index contributed by atoms with van der Waals surface area (Å²) in [6, 6.07) is 11.8. The van der Waals surface area contributed by atoms with Gasteiger partial charge in [-0.15, -0.1) is 0 Å². The first kappa shape index (κ1) is 20.0. The Labute approximate surface area is 168 Å². The molecule has 0 bridgehead atoms. The van der Waals surface area contributed by atoms with E-state index in [1.54, 1.807) is 24.3 Å². The van der Waals surface area contributed by atoms with Crippen LogP contribution in [0.15, 0.2) is 42.5 Å². The van der Waals surface area contributed by atoms with Gasteiger partial charge in [-0.05, 0) is 23.8 Å². The van der Waals surface area contributed by atoms with E-state index < -0.39 is 0 Å². The molecule has 1 heterocycles. The highest BCUT2D eigenvalue weighted by molar-refractivity contribution is 6.33. The summed E-state index contributed by atoms with van der Waals surface area (Å²) in [4.78, 5) is 15.4. The molecule has 0 spiro atoms. The first-order valence-corrected chi connectivity index (χ1v) is 9.57. The fourth-order valence-electron chi connectivity index (χ4n) is 3.38. The third-order valence-electron chi connectivity index (χ3n) is 4.85. The first-order chi connectivity index (χ1) is 12.9. The van der Waals surface area contributed by atoms with Crippen LogP contribution in [0, 0.1) is 10.1 Å². The maximum atomic E-state index is 11.2. The average Bonchev–Trinajstić information content (AvgIpc) is 2.66. The lowest BCUT2D eigenvalue weighted by molar-refractivity contribution is -0.385. The first-order valence-electron chi connectivity index (χ1n) is 8.81. The molecule has 0 radical (unpaired) electrons. The third kappa shape index (κ3) is 5.18. The van der Waals surface area contributed by atoms with Gasteiger partial charge in [0, 0.05) is 67.0 Å². The number of hydrogen-bond acceptors (Lipinski definition) is 5. The maximum Gasteiger partial charge on any atom is 0.274 e. The summed E-state index contributed by atoms with van der Waals surface area (Å²) in [6.07, 6.45) is 0. The Kier molecular flexibility index (Phi) is 6.68. The fourth-order valence-corrected chi connectivity index (χ4v) is 3.75. The SMILES string of the molecule is NC(CN1CCN(Cc2cc(Cl)ccc2Cl)CC1)c1ccccc1[N+](=O)[O-]. The third-order valence-corrected chi connectivity index (χ3v) is 5.46. The van der Waals surface area contributed by atoms with Gasteiger partial charge in [0.05, 0.1) is 4.92 Å². The molecular formula is C19H22Cl2N4O2. The van der Waals surface area contributed by atoms with Crippen molar-refractivity contribution < 1.29 is 4.92 Å². The van der Waals surface area contributed by atoms with Gasteiger partial charge in [-0.3, -0.25) is 19.9 Å². The Morgan fingerprint density at radius 3 is 2.44 bits per heavy atom. The molecule has 1 atom stereocenters. The highest BCUT2D eigenvalue weighted by atomic mass is 35.5. The molecule has 0 aromatic heterocycles. The van der Waals surface area contributed by atoms with Crippen LogP contribution in [0.5, 0.6) is 0 Å². The van der Waals surface area contributed by atoms with Crippen molar-refractivity contribution in [3.63, 3.8) is 0 Å². The highest BCUT2D eigenvalue weighted by Crippen LogP contribution is 2.25. The van der Waals surface area contributed by atoms with Crippen LogP contribution in [-0.2, 0) is 6.54 Å². The zero-order chi connectivity index (χ0) is 19.4. The summed E-state index contributed by atoms with van der Waals surface area (Å²) < 4.78 is 0. The Morgan fingerprint density at radius 1 is 1.07 bits per heavy atom. The Bertz CT molecular complexity index is 810. The van der Waals surface area contributed by atoms with Crippen LogP contribution >= 0.6 is 23.2 Å². The van der Waals surface area contributed by atoms with Crippen molar-refractivity contribution in [1.29, 1.82) is 0 Å². The Balaban J connectivity index is 1.55. The van der Waals surface area contributed by atoms with Crippen molar-refractivity contribution in [2.45, 2.75) is 12.6 Å². The zero-order valence-corrected chi connectivity index (χ0v) is 16.4. The zero-order valence-electron chi connectivity index (χ0n) is 14.9. The molecule has 0 aliphatic carbocycles. The summed E-state index contributed by atoms with van der Waals surface area (Å²) in [6.45, 7) is 4.82. The number of nitro groups is 1. The minimum absolute atomic E-state index is 0.0826. The predicted octanol–water partition coefficient (Wildman–Crippen LogP) is 3.72. The van der Waals surface area contributed by atoms with Gasteiger partial charge in [0.2, 0.25) is 0 Å². The average molecular weight is 409 g/mol. The second kappa shape index (κ2) is 8.99. The molecule has 1 fully saturated rings. The number of para-hydroxylation sites is 1. The second-order valence-corrected chi connectivity index (χ2v) is 7.58. The molecule has 0 amide bonds. The molecule has 1 unspecified atom stereocenters. The number of piperazine rings is 1.